The fourth-order valence-corrected chi connectivity index (χ4v) is 1.22. The molecule has 0 bridgehead atoms. The highest BCUT2D eigenvalue weighted by Gasteiger charge is 2.10. The highest BCUT2D eigenvalue weighted by Crippen LogP contribution is 2.16. The minimum atomic E-state index is -2.89. The summed E-state index contributed by atoms with van der Waals surface area (Å²) in [6.07, 6.45) is 0.805. The maximum absolute atomic E-state index is 12.0. The molecule has 0 spiro atoms. The predicted octanol–water partition coefficient (Wildman–Crippen LogP) is 2.82. The third-order valence-corrected chi connectivity index (χ3v) is 2.31. The van der Waals surface area contributed by atoms with Gasteiger partial charge in [0.05, 0.1) is 0 Å². The summed E-state index contributed by atoms with van der Waals surface area (Å²) in [7, 11) is 0. The largest absolute Gasteiger partial charge is 0.435 e. The molecule has 1 rings (SSSR count). The Bertz CT molecular complexity index is 383. The molecule has 1 amide bonds. The molecule has 1 aromatic rings. The minimum Gasteiger partial charge on any atom is -0.435 e. The van der Waals surface area contributed by atoms with E-state index in [1.165, 1.54) is 18.2 Å². The molecule has 0 radical (unpaired) electrons. The molecule has 1 aromatic carbocycles. The molecule has 0 aliphatic heterocycles. The normalized spacial score (nSPS) is 12.3. The van der Waals surface area contributed by atoms with E-state index in [1.807, 2.05) is 13.8 Å². The molecule has 0 unspecified atom stereocenters. The van der Waals surface area contributed by atoms with E-state index < -0.39 is 6.61 Å². The summed E-state index contributed by atoms with van der Waals surface area (Å²) >= 11 is 0. The topological polar surface area (TPSA) is 38.3 Å². The Morgan fingerprint density at radius 2 is 2.18 bits per heavy atom. The molecule has 0 saturated heterocycles. The molecule has 1 N–H and O–H groups in total. The maximum atomic E-state index is 12.0. The minimum absolute atomic E-state index is 0.0169. The Kier molecular flexibility index (Phi) is 4.87. The first-order chi connectivity index (χ1) is 8.02. The zero-order valence-corrected chi connectivity index (χ0v) is 9.74. The summed E-state index contributed by atoms with van der Waals surface area (Å²) < 4.78 is 28.2. The van der Waals surface area contributed by atoms with Gasteiger partial charge in [0.2, 0.25) is 0 Å². The lowest BCUT2D eigenvalue weighted by atomic mass is 10.2. The lowest BCUT2D eigenvalue weighted by molar-refractivity contribution is -0.0498. The van der Waals surface area contributed by atoms with Gasteiger partial charge >= 0.3 is 6.61 Å². The van der Waals surface area contributed by atoms with Gasteiger partial charge < -0.3 is 10.1 Å². The molecule has 0 heterocycles. The van der Waals surface area contributed by atoms with Gasteiger partial charge in [-0.1, -0.05) is 13.0 Å². The van der Waals surface area contributed by atoms with E-state index in [9.17, 15) is 13.6 Å². The number of nitrogens with one attached hydrogen (secondary N) is 1. The quantitative estimate of drug-likeness (QED) is 0.863. The van der Waals surface area contributed by atoms with Crippen molar-refractivity contribution in [3.05, 3.63) is 29.8 Å². The van der Waals surface area contributed by atoms with Crippen LogP contribution in [0.1, 0.15) is 30.6 Å². The van der Waals surface area contributed by atoms with Crippen LogP contribution in [0.15, 0.2) is 24.3 Å². The van der Waals surface area contributed by atoms with E-state index in [0.717, 1.165) is 6.42 Å². The molecular formula is C12H15F2NO2. The molecule has 94 valence electrons. The van der Waals surface area contributed by atoms with E-state index in [-0.39, 0.29) is 17.7 Å². The average Bonchev–Trinajstić information content (AvgIpc) is 2.28. The number of hydrogen-bond donors (Lipinski definition) is 1. The number of halogens is 2. The number of rotatable bonds is 5. The van der Waals surface area contributed by atoms with E-state index >= 15 is 0 Å². The number of amides is 1. The first-order valence-electron chi connectivity index (χ1n) is 5.38. The number of ether oxygens (including phenoxy) is 1. The van der Waals surface area contributed by atoms with Gasteiger partial charge in [-0.3, -0.25) is 4.79 Å². The number of alkyl halides is 2. The molecule has 0 saturated carbocycles. The van der Waals surface area contributed by atoms with Crippen LogP contribution in [-0.2, 0) is 0 Å². The van der Waals surface area contributed by atoms with Crippen molar-refractivity contribution in [2.45, 2.75) is 32.9 Å². The van der Waals surface area contributed by atoms with Gasteiger partial charge in [-0.05, 0) is 31.5 Å². The SMILES string of the molecule is CC[C@@H](C)NC(=O)c1cccc(OC(F)F)c1. The number of carbonyl (C=O) groups is 1. The van der Waals surface area contributed by atoms with Crippen molar-refractivity contribution in [1.29, 1.82) is 0 Å². The summed E-state index contributed by atoms with van der Waals surface area (Å²) in [6.45, 7) is 0.932. The summed E-state index contributed by atoms with van der Waals surface area (Å²) in [4.78, 5) is 11.7. The highest BCUT2D eigenvalue weighted by atomic mass is 19.3. The third-order valence-electron chi connectivity index (χ3n) is 2.31. The summed E-state index contributed by atoms with van der Waals surface area (Å²) in [6, 6.07) is 5.78. The molecule has 0 aliphatic rings. The van der Waals surface area contributed by atoms with Gasteiger partial charge in [0, 0.05) is 11.6 Å². The first kappa shape index (κ1) is 13.4. The Hall–Kier alpha value is -1.65. The molecule has 0 aliphatic carbocycles. The van der Waals surface area contributed by atoms with Crippen molar-refractivity contribution in [3.8, 4) is 5.75 Å². The molecule has 3 nitrogen and oxygen atoms in total. The van der Waals surface area contributed by atoms with Crippen LogP contribution in [0.4, 0.5) is 8.78 Å². The Morgan fingerprint density at radius 1 is 1.47 bits per heavy atom. The summed E-state index contributed by atoms with van der Waals surface area (Å²) in [5.74, 6) is -0.309. The first-order valence-corrected chi connectivity index (χ1v) is 5.38. The number of carbonyl (C=O) groups excluding carboxylic acids is 1. The monoisotopic (exact) mass is 243 g/mol. The van der Waals surface area contributed by atoms with Gasteiger partial charge in [0.1, 0.15) is 5.75 Å². The fraction of sp³-hybridized carbons (Fsp3) is 0.417. The third kappa shape index (κ3) is 4.38. The summed E-state index contributed by atoms with van der Waals surface area (Å²) in [5, 5.41) is 2.74. The van der Waals surface area contributed by atoms with E-state index in [2.05, 4.69) is 10.1 Å². The second-order valence-electron chi connectivity index (χ2n) is 3.69. The van der Waals surface area contributed by atoms with Crippen LogP contribution in [-0.4, -0.2) is 18.6 Å². The standard InChI is InChI=1S/C12H15F2NO2/c1-3-8(2)15-11(16)9-5-4-6-10(7-9)17-12(13)14/h4-8,12H,3H2,1-2H3,(H,15,16)/t8-/m1/s1. The molecule has 0 aromatic heterocycles. The maximum Gasteiger partial charge on any atom is 0.387 e. The Morgan fingerprint density at radius 3 is 2.76 bits per heavy atom. The van der Waals surface area contributed by atoms with Crippen LogP contribution in [0.3, 0.4) is 0 Å². The molecule has 17 heavy (non-hydrogen) atoms. The second-order valence-corrected chi connectivity index (χ2v) is 3.69. The number of hydrogen-bond acceptors (Lipinski definition) is 2. The van der Waals surface area contributed by atoms with Gasteiger partial charge in [0.25, 0.3) is 5.91 Å². The lowest BCUT2D eigenvalue weighted by Gasteiger charge is -2.12. The van der Waals surface area contributed by atoms with Crippen molar-refractivity contribution < 1.29 is 18.3 Å². The van der Waals surface area contributed by atoms with Crippen LogP contribution in [0.25, 0.3) is 0 Å². The van der Waals surface area contributed by atoms with Crippen molar-refractivity contribution >= 4 is 5.91 Å². The molecule has 0 fully saturated rings. The Balaban J connectivity index is 2.73. The van der Waals surface area contributed by atoms with Crippen molar-refractivity contribution in [1.82, 2.24) is 5.32 Å². The van der Waals surface area contributed by atoms with Crippen molar-refractivity contribution in [2.24, 2.45) is 0 Å². The highest BCUT2D eigenvalue weighted by molar-refractivity contribution is 5.94. The van der Waals surface area contributed by atoms with Gasteiger partial charge in [-0.15, -0.1) is 0 Å². The molecular weight excluding hydrogens is 228 g/mol. The fourth-order valence-electron chi connectivity index (χ4n) is 1.22. The van der Waals surface area contributed by atoms with Crippen molar-refractivity contribution in [3.63, 3.8) is 0 Å². The molecule has 5 heteroatoms. The molecule has 1 atom stereocenters. The smallest absolute Gasteiger partial charge is 0.387 e. The van der Waals surface area contributed by atoms with Crippen LogP contribution < -0.4 is 10.1 Å². The van der Waals surface area contributed by atoms with Crippen LogP contribution in [0.5, 0.6) is 5.75 Å². The van der Waals surface area contributed by atoms with Crippen LogP contribution in [0, 0.1) is 0 Å². The zero-order valence-electron chi connectivity index (χ0n) is 9.74. The average molecular weight is 243 g/mol. The summed E-state index contributed by atoms with van der Waals surface area (Å²) in [5.41, 5.74) is 0.309. The van der Waals surface area contributed by atoms with E-state index in [0.29, 0.717) is 5.56 Å². The predicted molar refractivity (Wildman–Crippen MR) is 60.3 cm³/mol. The van der Waals surface area contributed by atoms with Crippen LogP contribution >= 0.6 is 0 Å². The van der Waals surface area contributed by atoms with Gasteiger partial charge in [0.15, 0.2) is 0 Å². The van der Waals surface area contributed by atoms with Gasteiger partial charge in [-0.2, -0.15) is 8.78 Å². The Labute approximate surface area is 98.8 Å². The van der Waals surface area contributed by atoms with Crippen LogP contribution in [0.2, 0.25) is 0 Å². The second kappa shape index (κ2) is 6.18. The van der Waals surface area contributed by atoms with E-state index in [4.69, 9.17) is 0 Å². The number of benzene rings is 1. The zero-order chi connectivity index (χ0) is 12.8. The van der Waals surface area contributed by atoms with E-state index in [1.54, 1.807) is 6.07 Å². The van der Waals surface area contributed by atoms with Crippen molar-refractivity contribution in [2.75, 3.05) is 0 Å². The lowest BCUT2D eigenvalue weighted by Crippen LogP contribution is -2.31. The van der Waals surface area contributed by atoms with Gasteiger partial charge in [-0.25, -0.2) is 0 Å².